The van der Waals surface area contributed by atoms with Gasteiger partial charge in [-0.25, -0.2) is 4.79 Å². The van der Waals surface area contributed by atoms with Crippen molar-refractivity contribution in [2.24, 2.45) is 5.92 Å². The first kappa shape index (κ1) is 17.5. The molecule has 0 aromatic carbocycles. The summed E-state index contributed by atoms with van der Waals surface area (Å²) >= 11 is 0. The Morgan fingerprint density at radius 1 is 1.33 bits per heavy atom. The number of likely N-dealkylation sites (tertiary alicyclic amines) is 1. The zero-order chi connectivity index (χ0) is 16.2. The molecule has 1 fully saturated rings. The third kappa shape index (κ3) is 5.36. The summed E-state index contributed by atoms with van der Waals surface area (Å²) in [6.07, 6.45) is 1.80. The number of amides is 1. The van der Waals surface area contributed by atoms with Crippen LogP contribution in [0.2, 0.25) is 0 Å². The molecule has 1 aliphatic heterocycles. The van der Waals surface area contributed by atoms with Crippen LogP contribution in [-0.4, -0.2) is 46.0 Å². The van der Waals surface area contributed by atoms with Gasteiger partial charge in [-0.05, 0) is 40.0 Å². The van der Waals surface area contributed by atoms with Crippen molar-refractivity contribution in [2.45, 2.75) is 65.0 Å². The molecule has 0 aromatic rings. The number of carboxylic acids is 1. The smallest absolute Gasteiger partial charge is 0.329 e. The molecular weight excluding hydrogens is 274 g/mol. The van der Waals surface area contributed by atoms with Gasteiger partial charge in [0.1, 0.15) is 11.6 Å². The maximum atomic E-state index is 12.2. The fourth-order valence-electron chi connectivity index (χ4n) is 2.29. The Morgan fingerprint density at radius 3 is 2.48 bits per heavy atom. The molecule has 1 rings (SSSR count). The Kier molecular flexibility index (Phi) is 5.75. The van der Waals surface area contributed by atoms with Crippen molar-refractivity contribution in [3.8, 4) is 0 Å². The number of hydrogen-bond donors (Lipinski definition) is 1. The molecule has 1 saturated heterocycles. The Bertz CT molecular complexity index is 413. The van der Waals surface area contributed by atoms with E-state index in [0.717, 1.165) is 6.42 Å². The molecule has 21 heavy (non-hydrogen) atoms. The van der Waals surface area contributed by atoms with Crippen LogP contribution in [0, 0.1) is 5.92 Å². The summed E-state index contributed by atoms with van der Waals surface area (Å²) in [5.74, 6) is -2.01. The van der Waals surface area contributed by atoms with E-state index in [1.165, 1.54) is 4.90 Å². The quantitative estimate of drug-likeness (QED) is 0.783. The topological polar surface area (TPSA) is 83.9 Å². The van der Waals surface area contributed by atoms with Gasteiger partial charge in [-0.3, -0.25) is 9.59 Å². The maximum absolute atomic E-state index is 12.2. The Balaban J connectivity index is 2.58. The van der Waals surface area contributed by atoms with Gasteiger partial charge < -0.3 is 14.7 Å². The number of rotatable bonds is 5. The molecule has 1 heterocycles. The summed E-state index contributed by atoms with van der Waals surface area (Å²) in [6, 6.07) is -0.531. The molecule has 0 aromatic heterocycles. The normalized spacial score (nSPS) is 20.2. The number of hydrogen-bond acceptors (Lipinski definition) is 4. The predicted octanol–water partition coefficient (Wildman–Crippen LogP) is 1.82. The third-order valence-corrected chi connectivity index (χ3v) is 3.46. The molecule has 0 bridgehead atoms. The number of nitrogens with zero attached hydrogens (tertiary/aromatic N) is 1. The molecule has 6 nitrogen and oxygen atoms in total. The molecule has 6 heteroatoms. The summed E-state index contributed by atoms with van der Waals surface area (Å²) in [7, 11) is 0. The number of carbonyl (C=O) groups is 3. The summed E-state index contributed by atoms with van der Waals surface area (Å²) in [4.78, 5) is 36.6. The van der Waals surface area contributed by atoms with Crippen LogP contribution in [0.1, 0.15) is 53.4 Å². The number of carboxylic acid groups (broad SMARTS) is 1. The van der Waals surface area contributed by atoms with Crippen LogP contribution in [0.15, 0.2) is 0 Å². The SMILES string of the molecule is CC(CCC(=O)N1CCC[C@H]1C(=O)OC(C)(C)C)C(=O)O. The first-order valence-electron chi connectivity index (χ1n) is 7.37. The van der Waals surface area contributed by atoms with Crippen molar-refractivity contribution in [3.63, 3.8) is 0 Å². The number of ether oxygens (including phenoxy) is 1. The second-order valence-electron chi connectivity index (χ2n) is 6.56. The molecule has 1 unspecified atom stereocenters. The lowest BCUT2D eigenvalue weighted by Crippen LogP contribution is -2.43. The fourth-order valence-corrected chi connectivity index (χ4v) is 2.29. The van der Waals surface area contributed by atoms with Crippen LogP contribution in [0.3, 0.4) is 0 Å². The van der Waals surface area contributed by atoms with E-state index in [-0.39, 0.29) is 24.7 Å². The molecule has 2 atom stereocenters. The first-order valence-corrected chi connectivity index (χ1v) is 7.37. The lowest BCUT2D eigenvalue weighted by Gasteiger charge is -2.27. The van der Waals surface area contributed by atoms with Crippen molar-refractivity contribution in [2.75, 3.05) is 6.54 Å². The summed E-state index contributed by atoms with van der Waals surface area (Å²) in [6.45, 7) is 7.48. The van der Waals surface area contributed by atoms with Gasteiger partial charge in [0.15, 0.2) is 0 Å². The molecule has 0 spiro atoms. The molecule has 120 valence electrons. The van der Waals surface area contributed by atoms with Crippen LogP contribution < -0.4 is 0 Å². The average Bonchev–Trinajstić information content (AvgIpc) is 2.82. The highest BCUT2D eigenvalue weighted by Gasteiger charge is 2.36. The molecule has 1 N–H and O–H groups in total. The van der Waals surface area contributed by atoms with E-state index in [2.05, 4.69) is 0 Å². The van der Waals surface area contributed by atoms with Crippen LogP contribution >= 0.6 is 0 Å². The number of aliphatic carboxylic acids is 1. The second-order valence-corrected chi connectivity index (χ2v) is 6.56. The van der Waals surface area contributed by atoms with Gasteiger partial charge in [0.25, 0.3) is 0 Å². The zero-order valence-electron chi connectivity index (χ0n) is 13.2. The number of esters is 1. The highest BCUT2D eigenvalue weighted by atomic mass is 16.6. The third-order valence-electron chi connectivity index (χ3n) is 3.46. The first-order chi connectivity index (χ1) is 9.61. The minimum Gasteiger partial charge on any atom is -0.481 e. The van der Waals surface area contributed by atoms with Crippen LogP contribution in [0.4, 0.5) is 0 Å². The van der Waals surface area contributed by atoms with E-state index in [0.29, 0.717) is 13.0 Å². The highest BCUT2D eigenvalue weighted by molar-refractivity contribution is 5.85. The molecule has 0 radical (unpaired) electrons. The van der Waals surface area contributed by atoms with Crippen molar-refractivity contribution in [1.82, 2.24) is 4.90 Å². The average molecular weight is 299 g/mol. The zero-order valence-corrected chi connectivity index (χ0v) is 13.2. The highest BCUT2D eigenvalue weighted by Crippen LogP contribution is 2.22. The van der Waals surface area contributed by atoms with Crippen molar-refractivity contribution in [1.29, 1.82) is 0 Å². The van der Waals surface area contributed by atoms with Gasteiger partial charge >= 0.3 is 11.9 Å². The Hall–Kier alpha value is -1.59. The second kappa shape index (κ2) is 6.91. The van der Waals surface area contributed by atoms with Crippen LogP contribution in [0.5, 0.6) is 0 Å². The standard InChI is InChI=1S/C15H25NO5/c1-10(13(18)19)7-8-12(17)16-9-5-6-11(16)14(20)21-15(2,3)4/h10-11H,5-9H2,1-4H3,(H,18,19)/t10?,11-/m0/s1. The monoisotopic (exact) mass is 299 g/mol. The minimum absolute atomic E-state index is 0.146. The van der Waals surface area contributed by atoms with E-state index in [1.807, 2.05) is 0 Å². The van der Waals surface area contributed by atoms with Gasteiger partial charge in [0.05, 0.1) is 5.92 Å². The molecular formula is C15H25NO5. The van der Waals surface area contributed by atoms with Gasteiger partial charge in [-0.2, -0.15) is 0 Å². The van der Waals surface area contributed by atoms with Gasteiger partial charge in [-0.15, -0.1) is 0 Å². The number of carbonyl (C=O) groups excluding carboxylic acids is 2. The summed E-state index contributed by atoms with van der Waals surface area (Å²) < 4.78 is 5.34. The van der Waals surface area contributed by atoms with Crippen molar-refractivity contribution >= 4 is 17.8 Å². The van der Waals surface area contributed by atoms with Crippen LogP contribution in [0.25, 0.3) is 0 Å². The van der Waals surface area contributed by atoms with E-state index in [4.69, 9.17) is 9.84 Å². The van der Waals surface area contributed by atoms with Gasteiger partial charge in [-0.1, -0.05) is 6.92 Å². The van der Waals surface area contributed by atoms with Crippen LogP contribution in [-0.2, 0) is 19.1 Å². The molecule has 1 aliphatic rings. The molecule has 0 aliphatic carbocycles. The van der Waals surface area contributed by atoms with E-state index in [1.54, 1.807) is 27.7 Å². The Labute approximate surface area is 125 Å². The van der Waals surface area contributed by atoms with E-state index >= 15 is 0 Å². The molecule has 1 amide bonds. The minimum atomic E-state index is -0.909. The van der Waals surface area contributed by atoms with Gasteiger partial charge in [0, 0.05) is 13.0 Å². The predicted molar refractivity (Wildman–Crippen MR) is 76.6 cm³/mol. The van der Waals surface area contributed by atoms with Gasteiger partial charge in [0.2, 0.25) is 5.91 Å². The fraction of sp³-hybridized carbons (Fsp3) is 0.800. The van der Waals surface area contributed by atoms with E-state index in [9.17, 15) is 14.4 Å². The molecule has 0 saturated carbocycles. The largest absolute Gasteiger partial charge is 0.481 e. The maximum Gasteiger partial charge on any atom is 0.329 e. The van der Waals surface area contributed by atoms with Crippen molar-refractivity contribution < 1.29 is 24.2 Å². The lowest BCUT2D eigenvalue weighted by atomic mass is 10.1. The Morgan fingerprint density at radius 2 is 1.95 bits per heavy atom. The summed E-state index contributed by atoms with van der Waals surface area (Å²) in [5.41, 5.74) is -0.577. The lowest BCUT2D eigenvalue weighted by molar-refractivity contribution is -0.163. The van der Waals surface area contributed by atoms with E-state index < -0.39 is 23.5 Å². The van der Waals surface area contributed by atoms with Crippen molar-refractivity contribution in [3.05, 3.63) is 0 Å². The summed E-state index contributed by atoms with van der Waals surface area (Å²) in [5, 5.41) is 8.83.